The van der Waals surface area contributed by atoms with Crippen LogP contribution in [0.4, 0.5) is 0 Å². The molecule has 1 aliphatic carbocycles. The van der Waals surface area contributed by atoms with Crippen LogP contribution in [0.3, 0.4) is 0 Å². The molecule has 3 nitrogen and oxygen atoms in total. The van der Waals surface area contributed by atoms with E-state index < -0.39 is 16.6 Å². The number of carbonyl (C=O) groups is 1. The van der Waals surface area contributed by atoms with Gasteiger partial charge in [0, 0.05) is 7.11 Å². The first-order chi connectivity index (χ1) is 8.21. The van der Waals surface area contributed by atoms with Crippen LogP contribution in [0, 0.1) is 5.41 Å². The first-order valence-corrected chi connectivity index (χ1v) is 6.99. The van der Waals surface area contributed by atoms with Gasteiger partial charge in [-0.2, -0.15) is 0 Å². The van der Waals surface area contributed by atoms with E-state index in [9.17, 15) is 4.79 Å². The highest BCUT2D eigenvalue weighted by molar-refractivity contribution is 5.76. The number of esters is 1. The van der Waals surface area contributed by atoms with Crippen molar-refractivity contribution in [3.05, 3.63) is 0 Å². The van der Waals surface area contributed by atoms with Gasteiger partial charge in [-0.15, -0.1) is 0 Å². The van der Waals surface area contributed by atoms with Crippen molar-refractivity contribution in [1.82, 2.24) is 0 Å². The molecule has 0 radical (unpaired) electrons. The van der Waals surface area contributed by atoms with Crippen LogP contribution >= 0.6 is 0 Å². The van der Waals surface area contributed by atoms with Crippen molar-refractivity contribution >= 4 is 5.97 Å². The van der Waals surface area contributed by atoms with Gasteiger partial charge in [0.05, 0.1) is 5.41 Å². The van der Waals surface area contributed by atoms with E-state index in [1.54, 1.807) is 7.11 Å². The third-order valence-electron chi connectivity index (χ3n) is 4.74. The molecule has 0 aromatic carbocycles. The fourth-order valence-electron chi connectivity index (χ4n) is 2.42. The lowest BCUT2D eigenvalue weighted by molar-refractivity contribution is -0.203. The lowest BCUT2D eigenvalue weighted by atomic mass is 9.82. The molecule has 0 saturated heterocycles. The summed E-state index contributed by atoms with van der Waals surface area (Å²) < 4.78 is 11.5. The maximum atomic E-state index is 12.3. The van der Waals surface area contributed by atoms with Crippen molar-refractivity contribution in [2.75, 3.05) is 7.11 Å². The summed E-state index contributed by atoms with van der Waals surface area (Å²) in [5, 5.41) is 0. The molecule has 0 N–H and O–H groups in total. The number of carbonyl (C=O) groups excluding carboxylic acids is 1. The zero-order chi connectivity index (χ0) is 14.0. The van der Waals surface area contributed by atoms with Crippen molar-refractivity contribution in [1.29, 1.82) is 0 Å². The Bertz CT molecular complexity index is 299. The van der Waals surface area contributed by atoms with E-state index in [4.69, 9.17) is 9.47 Å². The lowest BCUT2D eigenvalue weighted by Crippen LogP contribution is -2.53. The van der Waals surface area contributed by atoms with E-state index in [2.05, 4.69) is 0 Å². The second-order valence-corrected chi connectivity index (χ2v) is 6.54. The number of hydrogen-bond acceptors (Lipinski definition) is 3. The van der Waals surface area contributed by atoms with Crippen molar-refractivity contribution in [3.8, 4) is 0 Å². The molecule has 1 saturated carbocycles. The molecule has 0 atom stereocenters. The van der Waals surface area contributed by atoms with Gasteiger partial charge >= 0.3 is 5.97 Å². The highest BCUT2D eigenvalue weighted by atomic mass is 16.6. The molecule has 0 heterocycles. The van der Waals surface area contributed by atoms with Crippen molar-refractivity contribution < 1.29 is 14.3 Å². The molecule has 0 unspecified atom stereocenters. The van der Waals surface area contributed by atoms with Crippen LogP contribution in [0.2, 0.25) is 0 Å². The van der Waals surface area contributed by atoms with Crippen LogP contribution in [0.15, 0.2) is 0 Å². The molecular formula is C15H28O3. The summed E-state index contributed by atoms with van der Waals surface area (Å²) in [6.07, 6.45) is 4.80. The van der Waals surface area contributed by atoms with Gasteiger partial charge in [-0.05, 0) is 59.8 Å². The smallest absolute Gasteiger partial charge is 0.312 e. The monoisotopic (exact) mass is 256 g/mol. The molecule has 18 heavy (non-hydrogen) atoms. The molecular weight excluding hydrogens is 228 g/mol. The third kappa shape index (κ3) is 2.71. The lowest BCUT2D eigenvalue weighted by Gasteiger charge is -2.43. The molecule has 0 bridgehead atoms. The summed E-state index contributed by atoms with van der Waals surface area (Å²) in [7, 11) is 1.69. The first-order valence-electron chi connectivity index (χ1n) is 6.99. The molecule has 1 aliphatic rings. The topological polar surface area (TPSA) is 35.5 Å². The van der Waals surface area contributed by atoms with E-state index in [-0.39, 0.29) is 5.97 Å². The normalized spacial score (nSPS) is 19.9. The SMILES string of the molecule is CCC(C)(C)C(=O)OC1(C(C)(C)OC)CCCC1. The fourth-order valence-corrected chi connectivity index (χ4v) is 2.42. The third-order valence-corrected chi connectivity index (χ3v) is 4.74. The number of methoxy groups -OCH3 is 1. The Kier molecular flexibility index (Phi) is 4.47. The minimum absolute atomic E-state index is 0.1000. The van der Waals surface area contributed by atoms with Crippen LogP contribution in [0.5, 0.6) is 0 Å². The Balaban J connectivity index is 2.92. The van der Waals surface area contributed by atoms with Crippen LogP contribution in [-0.2, 0) is 14.3 Å². The summed E-state index contributed by atoms with van der Waals surface area (Å²) in [4.78, 5) is 12.3. The van der Waals surface area contributed by atoms with E-state index in [0.29, 0.717) is 0 Å². The first kappa shape index (κ1) is 15.5. The van der Waals surface area contributed by atoms with Gasteiger partial charge in [-0.3, -0.25) is 4.79 Å². The summed E-state index contributed by atoms with van der Waals surface area (Å²) in [6, 6.07) is 0. The maximum absolute atomic E-state index is 12.3. The van der Waals surface area contributed by atoms with Gasteiger partial charge in [-0.25, -0.2) is 0 Å². The van der Waals surface area contributed by atoms with E-state index >= 15 is 0 Å². The van der Waals surface area contributed by atoms with Gasteiger partial charge in [0.1, 0.15) is 11.2 Å². The van der Waals surface area contributed by atoms with Gasteiger partial charge in [0.25, 0.3) is 0 Å². The Morgan fingerprint density at radius 2 is 1.67 bits per heavy atom. The second kappa shape index (κ2) is 5.20. The zero-order valence-corrected chi connectivity index (χ0v) is 12.8. The predicted octanol–water partition coefficient (Wildman–Crippen LogP) is 3.70. The summed E-state index contributed by atoms with van der Waals surface area (Å²) in [6.45, 7) is 9.94. The van der Waals surface area contributed by atoms with Gasteiger partial charge in [0.2, 0.25) is 0 Å². The molecule has 0 aromatic rings. The number of ether oxygens (including phenoxy) is 2. The van der Waals surface area contributed by atoms with E-state index in [1.165, 1.54) is 0 Å². The molecule has 0 aliphatic heterocycles. The molecule has 1 fully saturated rings. The second-order valence-electron chi connectivity index (χ2n) is 6.54. The van der Waals surface area contributed by atoms with Gasteiger partial charge in [-0.1, -0.05) is 6.92 Å². The summed E-state index contributed by atoms with van der Waals surface area (Å²) in [5.74, 6) is -0.1000. The largest absolute Gasteiger partial charge is 0.456 e. The fraction of sp³-hybridized carbons (Fsp3) is 0.933. The molecule has 0 aromatic heterocycles. The minimum Gasteiger partial charge on any atom is -0.456 e. The highest BCUT2D eigenvalue weighted by Crippen LogP contribution is 2.44. The van der Waals surface area contributed by atoms with Crippen molar-refractivity contribution in [2.45, 2.75) is 77.9 Å². The quantitative estimate of drug-likeness (QED) is 0.703. The zero-order valence-electron chi connectivity index (χ0n) is 12.8. The molecule has 1 rings (SSSR count). The average Bonchev–Trinajstić information content (AvgIpc) is 2.79. The summed E-state index contributed by atoms with van der Waals surface area (Å²) in [5.41, 5.74) is -1.30. The number of rotatable bonds is 5. The molecule has 3 heteroatoms. The molecule has 106 valence electrons. The van der Waals surface area contributed by atoms with Crippen LogP contribution in [-0.4, -0.2) is 24.3 Å². The Morgan fingerprint density at radius 1 is 1.17 bits per heavy atom. The Morgan fingerprint density at radius 3 is 2.06 bits per heavy atom. The van der Waals surface area contributed by atoms with Crippen molar-refractivity contribution in [2.24, 2.45) is 5.41 Å². The van der Waals surface area contributed by atoms with Gasteiger partial charge in [0.15, 0.2) is 0 Å². The van der Waals surface area contributed by atoms with Crippen LogP contribution < -0.4 is 0 Å². The Hall–Kier alpha value is -0.570. The number of hydrogen-bond donors (Lipinski definition) is 0. The van der Waals surface area contributed by atoms with Gasteiger partial charge < -0.3 is 9.47 Å². The van der Waals surface area contributed by atoms with Crippen LogP contribution in [0.1, 0.15) is 66.7 Å². The predicted molar refractivity (Wildman–Crippen MR) is 72.5 cm³/mol. The van der Waals surface area contributed by atoms with E-state index in [0.717, 1.165) is 32.1 Å². The Labute approximate surface area is 111 Å². The average molecular weight is 256 g/mol. The minimum atomic E-state index is -0.453. The molecule has 0 amide bonds. The summed E-state index contributed by atoms with van der Waals surface area (Å²) >= 11 is 0. The van der Waals surface area contributed by atoms with Crippen molar-refractivity contribution in [3.63, 3.8) is 0 Å². The van der Waals surface area contributed by atoms with E-state index in [1.807, 2.05) is 34.6 Å². The highest BCUT2D eigenvalue weighted by Gasteiger charge is 2.52. The maximum Gasteiger partial charge on any atom is 0.312 e. The standard InChI is InChI=1S/C15H28O3/c1-7-13(2,3)12(16)18-15(10-8-9-11-15)14(4,5)17-6/h7-11H2,1-6H3. The van der Waals surface area contributed by atoms with Crippen LogP contribution in [0.25, 0.3) is 0 Å². The molecule has 0 spiro atoms.